The number of fused-ring (bicyclic) bond motifs is 1. The Labute approximate surface area is 169 Å². The highest BCUT2D eigenvalue weighted by Crippen LogP contribution is 2.56. The van der Waals surface area contributed by atoms with Crippen molar-refractivity contribution in [2.75, 3.05) is 0 Å². The molecule has 1 saturated carbocycles. The Morgan fingerprint density at radius 1 is 0.929 bits per heavy atom. The van der Waals surface area contributed by atoms with Crippen LogP contribution in [0.5, 0.6) is 0 Å². The quantitative estimate of drug-likeness (QED) is 0.695. The summed E-state index contributed by atoms with van der Waals surface area (Å²) >= 11 is 0. The van der Waals surface area contributed by atoms with Crippen LogP contribution < -0.4 is 0 Å². The Morgan fingerprint density at radius 2 is 1.50 bits per heavy atom. The Morgan fingerprint density at radius 3 is 1.96 bits per heavy atom. The van der Waals surface area contributed by atoms with E-state index in [0.29, 0.717) is 0 Å². The number of pyridine rings is 1. The van der Waals surface area contributed by atoms with E-state index < -0.39 is 5.97 Å². The van der Waals surface area contributed by atoms with Crippen molar-refractivity contribution in [1.82, 2.24) is 4.98 Å². The highest BCUT2D eigenvalue weighted by atomic mass is 16.4. The summed E-state index contributed by atoms with van der Waals surface area (Å²) in [5, 5.41) is 9.15. The van der Waals surface area contributed by atoms with E-state index in [1.165, 1.54) is 41.3 Å². The molecule has 0 radical (unpaired) electrons. The van der Waals surface area contributed by atoms with Gasteiger partial charge in [-0.15, -0.1) is 0 Å². The summed E-state index contributed by atoms with van der Waals surface area (Å²) in [5.74, 6) is -0.923. The van der Waals surface area contributed by atoms with E-state index in [-0.39, 0.29) is 29.2 Å². The summed E-state index contributed by atoms with van der Waals surface area (Å²) in [6.45, 7) is 11.7. The fraction of sp³-hybridized carbons (Fsp3) is 0.520. The molecule has 0 spiro atoms. The van der Waals surface area contributed by atoms with Crippen molar-refractivity contribution >= 4 is 5.97 Å². The van der Waals surface area contributed by atoms with E-state index in [4.69, 9.17) is 5.11 Å². The van der Waals surface area contributed by atoms with Crippen molar-refractivity contribution in [3.05, 3.63) is 64.0 Å². The molecule has 0 saturated heterocycles. The second kappa shape index (κ2) is 6.43. The fourth-order valence-corrected chi connectivity index (χ4v) is 4.83. The Balaban J connectivity index is 0.00000225. The first-order valence-electron chi connectivity index (χ1n) is 9.93. The standard InChI is InChI=1S/C24H29NO2.CH4/c1-15-12-18-19(23(4,5)9-8-22(18,2)3)13-17(15)24(10-11-24)20-7-6-16(14-25-20)21(26)27;/h6-7,12-14H,8-11H2,1-5H3,(H,26,27);1H4. The number of rotatable bonds is 3. The van der Waals surface area contributed by atoms with E-state index in [9.17, 15) is 4.79 Å². The largest absolute Gasteiger partial charge is 0.478 e. The van der Waals surface area contributed by atoms with Gasteiger partial charge in [-0.1, -0.05) is 47.3 Å². The molecule has 0 bridgehead atoms. The van der Waals surface area contributed by atoms with E-state index in [1.807, 2.05) is 6.07 Å². The van der Waals surface area contributed by atoms with Crippen LogP contribution in [0.1, 0.15) is 99.1 Å². The third-order valence-electron chi connectivity index (χ3n) is 6.96. The summed E-state index contributed by atoms with van der Waals surface area (Å²) in [6, 6.07) is 8.46. The van der Waals surface area contributed by atoms with Crippen LogP contribution in [0.4, 0.5) is 0 Å². The number of aromatic carboxylic acids is 1. The third kappa shape index (κ3) is 3.05. The summed E-state index contributed by atoms with van der Waals surface area (Å²) in [7, 11) is 0. The van der Waals surface area contributed by atoms with Crippen LogP contribution in [0, 0.1) is 6.92 Å². The number of carboxylic acid groups (broad SMARTS) is 1. The second-order valence-electron chi connectivity index (χ2n) is 9.80. The zero-order valence-electron chi connectivity index (χ0n) is 17.0. The zero-order chi connectivity index (χ0) is 19.6. The van der Waals surface area contributed by atoms with Crippen molar-refractivity contribution in [1.29, 1.82) is 0 Å². The minimum Gasteiger partial charge on any atom is -0.478 e. The van der Waals surface area contributed by atoms with Crippen molar-refractivity contribution in [2.24, 2.45) is 0 Å². The maximum absolute atomic E-state index is 11.2. The molecule has 3 heteroatoms. The number of carbonyl (C=O) groups is 1. The van der Waals surface area contributed by atoms with Crippen molar-refractivity contribution in [3.63, 3.8) is 0 Å². The number of hydrogen-bond donors (Lipinski definition) is 1. The van der Waals surface area contributed by atoms with E-state index in [2.05, 4.69) is 51.7 Å². The van der Waals surface area contributed by atoms with Gasteiger partial charge >= 0.3 is 5.97 Å². The molecular formula is C25H33NO2. The molecule has 2 aliphatic carbocycles. The summed E-state index contributed by atoms with van der Waals surface area (Å²) < 4.78 is 0. The minimum atomic E-state index is -0.923. The fourth-order valence-electron chi connectivity index (χ4n) is 4.83. The molecule has 28 heavy (non-hydrogen) atoms. The lowest BCUT2D eigenvalue weighted by Gasteiger charge is -2.43. The first-order chi connectivity index (χ1) is 12.6. The van der Waals surface area contributed by atoms with E-state index >= 15 is 0 Å². The summed E-state index contributed by atoms with van der Waals surface area (Å²) in [5.41, 5.74) is 7.29. The number of aromatic nitrogens is 1. The summed E-state index contributed by atoms with van der Waals surface area (Å²) in [4.78, 5) is 15.7. The molecule has 0 aliphatic heterocycles. The molecule has 1 N–H and O–H groups in total. The van der Waals surface area contributed by atoms with Gasteiger partial charge in [0.2, 0.25) is 0 Å². The molecule has 1 heterocycles. The second-order valence-corrected chi connectivity index (χ2v) is 9.80. The average Bonchev–Trinajstić information content (AvgIpc) is 3.40. The van der Waals surface area contributed by atoms with Crippen LogP contribution in [0.2, 0.25) is 0 Å². The van der Waals surface area contributed by atoms with E-state index in [0.717, 1.165) is 18.5 Å². The van der Waals surface area contributed by atoms with Gasteiger partial charge in [-0.3, -0.25) is 4.98 Å². The number of nitrogens with zero attached hydrogens (tertiary/aromatic N) is 1. The highest BCUT2D eigenvalue weighted by Gasteiger charge is 2.49. The molecule has 2 aliphatic rings. The first-order valence-corrected chi connectivity index (χ1v) is 9.93. The van der Waals surface area contributed by atoms with Crippen LogP contribution in [0.15, 0.2) is 30.5 Å². The molecule has 1 aromatic heterocycles. The smallest absolute Gasteiger partial charge is 0.337 e. The van der Waals surface area contributed by atoms with Gasteiger partial charge in [-0.05, 0) is 77.8 Å². The van der Waals surface area contributed by atoms with Gasteiger partial charge in [0, 0.05) is 11.6 Å². The van der Waals surface area contributed by atoms with Crippen molar-refractivity contribution < 1.29 is 9.90 Å². The van der Waals surface area contributed by atoms with E-state index in [1.54, 1.807) is 6.07 Å². The molecular weight excluding hydrogens is 346 g/mol. The molecule has 4 rings (SSSR count). The van der Waals surface area contributed by atoms with Gasteiger partial charge in [0.1, 0.15) is 0 Å². The Bertz CT molecular complexity index is 918. The van der Waals surface area contributed by atoms with Crippen molar-refractivity contribution in [3.8, 4) is 0 Å². The molecule has 1 fully saturated rings. The zero-order valence-corrected chi connectivity index (χ0v) is 17.0. The molecule has 150 valence electrons. The van der Waals surface area contributed by atoms with Crippen molar-refractivity contribution in [2.45, 2.75) is 84.0 Å². The Hall–Kier alpha value is -2.16. The Kier molecular flexibility index (Phi) is 4.73. The third-order valence-corrected chi connectivity index (χ3v) is 6.96. The predicted octanol–water partition coefficient (Wildman–Crippen LogP) is 6.15. The normalized spacial score (nSPS) is 20.6. The lowest BCUT2D eigenvalue weighted by Crippen LogP contribution is -2.34. The topological polar surface area (TPSA) is 50.2 Å². The van der Waals surface area contributed by atoms with Gasteiger partial charge in [0.25, 0.3) is 0 Å². The lowest BCUT2D eigenvalue weighted by atomic mass is 9.62. The van der Waals surface area contributed by atoms with Crippen LogP contribution in [0.25, 0.3) is 0 Å². The monoisotopic (exact) mass is 379 g/mol. The minimum absolute atomic E-state index is 0. The van der Waals surface area contributed by atoms with Crippen LogP contribution in [-0.4, -0.2) is 16.1 Å². The molecule has 1 aromatic carbocycles. The van der Waals surface area contributed by atoms with Gasteiger partial charge in [-0.2, -0.15) is 0 Å². The predicted molar refractivity (Wildman–Crippen MR) is 114 cm³/mol. The maximum atomic E-state index is 11.2. The average molecular weight is 380 g/mol. The summed E-state index contributed by atoms with van der Waals surface area (Å²) in [6.07, 6.45) is 6.08. The van der Waals surface area contributed by atoms with Crippen LogP contribution >= 0.6 is 0 Å². The van der Waals surface area contributed by atoms with Gasteiger partial charge in [-0.25, -0.2) is 4.79 Å². The van der Waals surface area contributed by atoms with Gasteiger partial charge in [0.15, 0.2) is 0 Å². The molecule has 0 atom stereocenters. The first kappa shape index (κ1) is 20.6. The molecule has 3 nitrogen and oxygen atoms in total. The lowest BCUT2D eigenvalue weighted by molar-refractivity contribution is 0.0696. The molecule has 0 amide bonds. The number of benzene rings is 1. The number of hydrogen-bond acceptors (Lipinski definition) is 2. The van der Waals surface area contributed by atoms with Gasteiger partial charge < -0.3 is 5.11 Å². The van der Waals surface area contributed by atoms with Crippen LogP contribution in [-0.2, 0) is 16.2 Å². The molecule has 2 aromatic rings. The number of carboxylic acids is 1. The highest BCUT2D eigenvalue weighted by molar-refractivity contribution is 5.87. The molecule has 0 unspecified atom stereocenters. The van der Waals surface area contributed by atoms with Gasteiger partial charge in [0.05, 0.1) is 11.3 Å². The SMILES string of the molecule is C.Cc1cc2c(cc1C1(c3ccc(C(=O)O)cn3)CC1)C(C)(C)CCC2(C)C. The number of aryl methyl sites for hydroxylation is 1. The maximum Gasteiger partial charge on any atom is 0.337 e. The van der Waals surface area contributed by atoms with Crippen LogP contribution in [0.3, 0.4) is 0 Å².